The van der Waals surface area contributed by atoms with Gasteiger partial charge in [-0.1, -0.05) is 30.3 Å². The van der Waals surface area contributed by atoms with Crippen molar-refractivity contribution >= 4 is 23.2 Å². The Labute approximate surface area is 175 Å². The van der Waals surface area contributed by atoms with Gasteiger partial charge in [0.05, 0.1) is 12.3 Å². The maximum atomic E-state index is 12.1. The van der Waals surface area contributed by atoms with Crippen LogP contribution in [0.5, 0.6) is 5.75 Å². The van der Waals surface area contributed by atoms with Gasteiger partial charge in [-0.25, -0.2) is 5.43 Å². The van der Waals surface area contributed by atoms with Gasteiger partial charge in [-0.15, -0.1) is 0 Å². The lowest BCUT2D eigenvalue weighted by molar-refractivity contribution is -0.121. The number of nitrogens with one attached hydrogen (secondary N) is 3. The number of hydrogen-bond donors (Lipinski definition) is 4. The molecule has 0 radical (unpaired) electrons. The molecule has 2 amide bonds. The fourth-order valence-corrected chi connectivity index (χ4v) is 2.95. The summed E-state index contributed by atoms with van der Waals surface area (Å²) in [6, 6.07) is 14.9. The van der Waals surface area contributed by atoms with Crippen LogP contribution in [0.25, 0.3) is 0 Å². The highest BCUT2D eigenvalue weighted by Crippen LogP contribution is 2.16. The molecule has 0 aromatic heterocycles. The standard InChI is InChI=1S/C22H26N4O4/c1-15-4-2-3-5-20(15)30-14-18(27)12-23-13-22(29)24-17-8-6-16(7-9-17)19-10-11-21(28)26-25-19/h2-9,18,23,27H,10-14H2,1H3,(H,24,29)(H,26,28). The summed E-state index contributed by atoms with van der Waals surface area (Å²) in [6.07, 6.45) is 0.288. The molecule has 1 atom stereocenters. The number of carbonyl (C=O) groups is 2. The van der Waals surface area contributed by atoms with Crippen LogP contribution in [-0.4, -0.2) is 48.4 Å². The van der Waals surface area contributed by atoms with Gasteiger partial charge in [-0.2, -0.15) is 5.10 Å². The van der Waals surface area contributed by atoms with E-state index in [4.69, 9.17) is 4.74 Å². The number of hydrogen-bond acceptors (Lipinski definition) is 6. The van der Waals surface area contributed by atoms with Crippen molar-refractivity contribution in [1.29, 1.82) is 0 Å². The minimum absolute atomic E-state index is 0.0713. The molecule has 2 aromatic rings. The van der Waals surface area contributed by atoms with Crippen LogP contribution in [0.4, 0.5) is 5.69 Å². The van der Waals surface area contributed by atoms with E-state index in [-0.39, 0.29) is 31.5 Å². The predicted octanol–water partition coefficient (Wildman–Crippen LogP) is 1.58. The van der Waals surface area contributed by atoms with Crippen LogP contribution in [0.2, 0.25) is 0 Å². The van der Waals surface area contributed by atoms with Crippen LogP contribution in [0.1, 0.15) is 24.0 Å². The molecule has 30 heavy (non-hydrogen) atoms. The van der Waals surface area contributed by atoms with Crippen LogP contribution in [0.15, 0.2) is 53.6 Å². The van der Waals surface area contributed by atoms with Crippen LogP contribution in [0.3, 0.4) is 0 Å². The lowest BCUT2D eigenvalue weighted by Gasteiger charge is -2.15. The molecule has 8 nitrogen and oxygen atoms in total. The molecule has 3 rings (SSSR count). The number of ether oxygens (including phenoxy) is 1. The average molecular weight is 410 g/mol. The number of carbonyl (C=O) groups excluding carboxylic acids is 2. The smallest absolute Gasteiger partial charge is 0.240 e. The van der Waals surface area contributed by atoms with Crippen molar-refractivity contribution in [3.8, 4) is 5.75 Å². The molecular formula is C22H26N4O4. The third-order valence-electron chi connectivity index (χ3n) is 4.60. The number of rotatable bonds is 9. The van der Waals surface area contributed by atoms with Gasteiger partial charge in [0, 0.05) is 25.1 Å². The number of anilines is 1. The summed E-state index contributed by atoms with van der Waals surface area (Å²) < 4.78 is 5.60. The van der Waals surface area contributed by atoms with Crippen molar-refractivity contribution in [1.82, 2.24) is 10.7 Å². The molecule has 0 saturated carbocycles. The Hall–Kier alpha value is -3.23. The first-order valence-corrected chi connectivity index (χ1v) is 9.84. The highest BCUT2D eigenvalue weighted by Gasteiger charge is 2.13. The van der Waals surface area contributed by atoms with Crippen molar-refractivity contribution in [2.75, 3.05) is 25.0 Å². The van der Waals surface area contributed by atoms with Gasteiger partial charge in [0.25, 0.3) is 0 Å². The van der Waals surface area contributed by atoms with Gasteiger partial charge >= 0.3 is 0 Å². The number of aryl methyl sites for hydroxylation is 1. The Bertz CT molecular complexity index is 912. The van der Waals surface area contributed by atoms with Crippen LogP contribution < -0.4 is 20.8 Å². The fourth-order valence-electron chi connectivity index (χ4n) is 2.95. The summed E-state index contributed by atoms with van der Waals surface area (Å²) in [6.45, 7) is 2.40. The first kappa shape index (κ1) is 21.5. The molecular weight excluding hydrogens is 384 g/mol. The Morgan fingerprint density at radius 1 is 1.20 bits per heavy atom. The Morgan fingerprint density at radius 3 is 2.67 bits per heavy atom. The Kier molecular flexibility index (Phi) is 7.53. The van der Waals surface area contributed by atoms with Crippen molar-refractivity contribution in [2.24, 2.45) is 5.10 Å². The molecule has 8 heteroatoms. The molecule has 1 unspecified atom stereocenters. The lowest BCUT2D eigenvalue weighted by Crippen LogP contribution is -2.36. The van der Waals surface area contributed by atoms with Gasteiger partial charge in [0.1, 0.15) is 18.5 Å². The summed E-state index contributed by atoms with van der Waals surface area (Å²) in [4.78, 5) is 23.2. The quantitative estimate of drug-likeness (QED) is 0.501. The average Bonchev–Trinajstić information content (AvgIpc) is 2.74. The molecule has 4 N–H and O–H groups in total. The maximum Gasteiger partial charge on any atom is 0.240 e. The number of nitrogens with zero attached hydrogens (tertiary/aromatic N) is 1. The van der Waals surface area contributed by atoms with Crippen LogP contribution >= 0.6 is 0 Å². The van der Waals surface area contributed by atoms with E-state index in [1.54, 1.807) is 12.1 Å². The second-order valence-electron chi connectivity index (χ2n) is 7.08. The molecule has 1 heterocycles. The highest BCUT2D eigenvalue weighted by atomic mass is 16.5. The molecule has 0 bridgehead atoms. The van der Waals surface area contributed by atoms with Gasteiger partial charge < -0.3 is 20.5 Å². The van der Waals surface area contributed by atoms with E-state index in [1.807, 2.05) is 43.3 Å². The van der Waals surface area contributed by atoms with Crippen molar-refractivity contribution in [3.05, 3.63) is 59.7 Å². The van der Waals surface area contributed by atoms with E-state index in [2.05, 4.69) is 21.2 Å². The molecule has 158 valence electrons. The van der Waals surface area contributed by atoms with E-state index < -0.39 is 6.10 Å². The fraction of sp³-hybridized carbons (Fsp3) is 0.318. The maximum absolute atomic E-state index is 12.1. The zero-order valence-electron chi connectivity index (χ0n) is 16.9. The molecule has 0 saturated heterocycles. The monoisotopic (exact) mass is 410 g/mol. The lowest BCUT2D eigenvalue weighted by atomic mass is 10.0. The largest absolute Gasteiger partial charge is 0.491 e. The number of hydrazone groups is 1. The van der Waals surface area contributed by atoms with Crippen molar-refractivity contribution in [3.63, 3.8) is 0 Å². The summed E-state index contributed by atoms with van der Waals surface area (Å²) >= 11 is 0. The molecule has 0 aliphatic carbocycles. The topological polar surface area (TPSA) is 112 Å². The van der Waals surface area contributed by atoms with Crippen LogP contribution in [0, 0.1) is 6.92 Å². The number of aliphatic hydroxyl groups excluding tert-OH is 1. The number of benzene rings is 2. The SMILES string of the molecule is Cc1ccccc1OCC(O)CNCC(=O)Nc1ccc(C2=NNC(=O)CC2)cc1. The highest BCUT2D eigenvalue weighted by molar-refractivity contribution is 6.04. The first-order chi connectivity index (χ1) is 14.5. The van der Waals surface area contributed by atoms with Crippen molar-refractivity contribution in [2.45, 2.75) is 25.9 Å². The normalized spacial score (nSPS) is 14.5. The number of aliphatic hydroxyl groups is 1. The van der Waals surface area contributed by atoms with Crippen molar-refractivity contribution < 1.29 is 19.4 Å². The van der Waals surface area contributed by atoms with Gasteiger partial charge in [-0.05, 0) is 36.2 Å². The zero-order chi connectivity index (χ0) is 21.3. The van der Waals surface area contributed by atoms with E-state index in [0.717, 1.165) is 22.6 Å². The first-order valence-electron chi connectivity index (χ1n) is 9.84. The number of amides is 2. The summed E-state index contributed by atoms with van der Waals surface area (Å²) in [7, 11) is 0. The Morgan fingerprint density at radius 2 is 1.97 bits per heavy atom. The van der Waals surface area contributed by atoms with E-state index in [0.29, 0.717) is 18.5 Å². The Balaban J connectivity index is 1.37. The molecule has 0 fully saturated rings. The summed E-state index contributed by atoms with van der Waals surface area (Å²) in [5.41, 5.74) is 5.86. The van der Waals surface area contributed by atoms with Gasteiger partial charge in [-0.3, -0.25) is 9.59 Å². The van der Waals surface area contributed by atoms with E-state index in [9.17, 15) is 14.7 Å². The number of para-hydroxylation sites is 1. The second-order valence-corrected chi connectivity index (χ2v) is 7.08. The third kappa shape index (κ3) is 6.40. The third-order valence-corrected chi connectivity index (χ3v) is 4.60. The molecule has 1 aliphatic rings. The predicted molar refractivity (Wildman–Crippen MR) is 115 cm³/mol. The molecule has 2 aromatic carbocycles. The summed E-state index contributed by atoms with van der Waals surface area (Å²) in [5, 5.41) is 19.8. The van der Waals surface area contributed by atoms with Gasteiger partial charge in [0.15, 0.2) is 0 Å². The van der Waals surface area contributed by atoms with Crippen LogP contribution in [-0.2, 0) is 9.59 Å². The van der Waals surface area contributed by atoms with E-state index in [1.165, 1.54) is 0 Å². The molecule has 1 aliphatic heterocycles. The minimum atomic E-state index is -0.728. The van der Waals surface area contributed by atoms with Gasteiger partial charge in [0.2, 0.25) is 11.8 Å². The van der Waals surface area contributed by atoms with E-state index >= 15 is 0 Å². The summed E-state index contributed by atoms with van der Waals surface area (Å²) in [5.74, 6) is 0.443. The minimum Gasteiger partial charge on any atom is -0.491 e. The molecule has 0 spiro atoms. The zero-order valence-corrected chi connectivity index (χ0v) is 16.9. The second kappa shape index (κ2) is 10.5.